The number of piperidine rings is 1. The Balaban J connectivity index is 1.54. The summed E-state index contributed by atoms with van der Waals surface area (Å²) < 4.78 is 36.5. The van der Waals surface area contributed by atoms with Crippen LogP contribution in [0.25, 0.3) is 0 Å². The van der Waals surface area contributed by atoms with E-state index in [0.29, 0.717) is 41.7 Å². The molecule has 0 aromatic carbocycles. The molecule has 2 aromatic heterocycles. The lowest BCUT2D eigenvalue weighted by Crippen LogP contribution is -2.36. The van der Waals surface area contributed by atoms with Gasteiger partial charge >= 0.3 is 0 Å². The Morgan fingerprint density at radius 3 is 2.53 bits per heavy atom. The largest absolute Gasteiger partial charge is 0.489 e. The van der Waals surface area contributed by atoms with Crippen LogP contribution in [0.1, 0.15) is 31.4 Å². The first kappa shape index (κ1) is 20.9. The lowest BCUT2D eigenvalue weighted by molar-refractivity contribution is 0.126. The summed E-state index contributed by atoms with van der Waals surface area (Å²) in [6.07, 6.45) is 4.76. The highest BCUT2D eigenvalue weighted by atomic mass is 32.2. The Labute approximate surface area is 177 Å². The Bertz CT molecular complexity index is 1020. The predicted molar refractivity (Wildman–Crippen MR) is 115 cm³/mol. The van der Waals surface area contributed by atoms with Crippen LogP contribution in [0, 0.1) is 6.92 Å². The molecule has 1 saturated carbocycles. The number of hydrogen-bond acceptors (Lipinski definition) is 9. The topological polar surface area (TPSA) is 107 Å². The second-order valence-electron chi connectivity index (χ2n) is 7.83. The third-order valence-corrected chi connectivity index (χ3v) is 7.65. The molecule has 0 radical (unpaired) electrons. The molecule has 1 N–H and O–H groups in total. The van der Waals surface area contributed by atoms with E-state index in [4.69, 9.17) is 9.47 Å². The van der Waals surface area contributed by atoms with Gasteiger partial charge in [-0.2, -0.15) is 4.98 Å². The van der Waals surface area contributed by atoms with Crippen LogP contribution in [0.4, 0.5) is 11.5 Å². The number of anilines is 2. The highest BCUT2D eigenvalue weighted by molar-refractivity contribution is 7.92. The molecule has 0 atom stereocenters. The summed E-state index contributed by atoms with van der Waals surface area (Å²) in [5, 5.41) is 3.01. The summed E-state index contributed by atoms with van der Waals surface area (Å²) in [5.74, 6) is 1.24. The molecular weight excluding hydrogens is 405 g/mol. The minimum absolute atomic E-state index is 0.0770. The van der Waals surface area contributed by atoms with E-state index in [1.807, 2.05) is 0 Å². The van der Waals surface area contributed by atoms with Gasteiger partial charge in [-0.15, -0.1) is 0 Å². The number of nitrogens with one attached hydrogen (secondary N) is 1. The molecule has 2 fully saturated rings. The van der Waals surface area contributed by atoms with Crippen molar-refractivity contribution in [2.75, 3.05) is 25.5 Å². The Hall–Kier alpha value is -2.40. The molecule has 2 aliphatic rings. The molecule has 4 rings (SSSR count). The van der Waals surface area contributed by atoms with E-state index in [9.17, 15) is 8.42 Å². The SMILES string of the molecule is BN1CCC(Oc2ncnc(Nc3ccc(S(=O)(=O)C4CC4)nc3C)c2OC)CC1. The van der Waals surface area contributed by atoms with E-state index in [2.05, 4.69) is 33.1 Å². The van der Waals surface area contributed by atoms with Crippen LogP contribution < -0.4 is 14.8 Å². The van der Waals surface area contributed by atoms with Crippen molar-refractivity contribution < 1.29 is 17.9 Å². The van der Waals surface area contributed by atoms with Gasteiger partial charge < -0.3 is 19.6 Å². The van der Waals surface area contributed by atoms with Gasteiger partial charge in [-0.3, -0.25) is 0 Å². The summed E-state index contributed by atoms with van der Waals surface area (Å²) in [5.41, 5.74) is 1.21. The fourth-order valence-electron chi connectivity index (χ4n) is 3.48. The molecule has 0 bridgehead atoms. The number of pyridine rings is 1. The van der Waals surface area contributed by atoms with Gasteiger partial charge in [0, 0.05) is 0 Å². The van der Waals surface area contributed by atoms with Crippen LogP contribution in [0.15, 0.2) is 23.5 Å². The first-order valence-electron chi connectivity index (χ1n) is 10.1. The van der Waals surface area contributed by atoms with E-state index in [-0.39, 0.29) is 16.4 Å². The minimum atomic E-state index is -3.33. The molecule has 0 amide bonds. The molecule has 3 heterocycles. The van der Waals surface area contributed by atoms with Crippen molar-refractivity contribution in [3.63, 3.8) is 0 Å². The maximum Gasteiger partial charge on any atom is 0.262 e. The number of rotatable bonds is 7. The van der Waals surface area contributed by atoms with Crippen molar-refractivity contribution in [3.8, 4) is 11.6 Å². The number of aryl methyl sites for hydroxylation is 1. The monoisotopic (exact) mass is 431 g/mol. The lowest BCUT2D eigenvalue weighted by Gasteiger charge is -2.29. The number of ether oxygens (including phenoxy) is 2. The zero-order chi connectivity index (χ0) is 21.3. The third-order valence-electron chi connectivity index (χ3n) is 5.49. The molecule has 1 aliphatic heterocycles. The summed E-state index contributed by atoms with van der Waals surface area (Å²) in [4.78, 5) is 15.1. The van der Waals surface area contributed by atoms with E-state index in [1.54, 1.807) is 20.1 Å². The van der Waals surface area contributed by atoms with Crippen molar-refractivity contribution in [1.82, 2.24) is 19.8 Å². The minimum Gasteiger partial charge on any atom is -0.489 e. The second kappa shape index (κ2) is 8.39. The molecule has 1 aliphatic carbocycles. The standard InChI is InChI=1S/C19H26BN5O4S/c1-12-15(5-6-16(23-12)30(26,27)14-3-4-14)24-18-17(28-2)19(22-11-21-18)29-13-7-9-25(20)10-8-13/h5-6,11,13-14H,3-4,7-10,20H2,1-2H3,(H,21,22,24). The highest BCUT2D eigenvalue weighted by Gasteiger charge is 2.38. The summed E-state index contributed by atoms with van der Waals surface area (Å²) in [7, 11) is 0.311. The van der Waals surface area contributed by atoms with Gasteiger partial charge in [0.05, 0.1) is 23.7 Å². The van der Waals surface area contributed by atoms with Gasteiger partial charge in [-0.05, 0) is 57.8 Å². The van der Waals surface area contributed by atoms with Gasteiger partial charge in [-0.1, -0.05) is 0 Å². The predicted octanol–water partition coefficient (Wildman–Crippen LogP) is 1.26. The van der Waals surface area contributed by atoms with Gasteiger partial charge in [0.2, 0.25) is 5.75 Å². The Kier molecular flexibility index (Phi) is 5.83. The third kappa shape index (κ3) is 4.36. The van der Waals surface area contributed by atoms with Crippen LogP contribution >= 0.6 is 0 Å². The van der Waals surface area contributed by atoms with E-state index in [0.717, 1.165) is 25.9 Å². The van der Waals surface area contributed by atoms with Gasteiger partial charge in [0.25, 0.3) is 5.88 Å². The van der Waals surface area contributed by atoms with Crippen molar-refractivity contribution in [1.29, 1.82) is 0 Å². The fourth-order valence-corrected chi connectivity index (χ4v) is 5.10. The average Bonchev–Trinajstić information content (AvgIpc) is 3.57. The first-order valence-corrected chi connectivity index (χ1v) is 11.7. The normalized spacial score (nSPS) is 18.2. The number of methoxy groups -OCH3 is 1. The van der Waals surface area contributed by atoms with Crippen LogP contribution in [0.2, 0.25) is 0 Å². The van der Waals surface area contributed by atoms with E-state index >= 15 is 0 Å². The summed E-state index contributed by atoms with van der Waals surface area (Å²) in [6, 6.07) is 3.24. The van der Waals surface area contributed by atoms with Crippen LogP contribution in [0.3, 0.4) is 0 Å². The summed E-state index contributed by atoms with van der Waals surface area (Å²) in [6.45, 7) is 3.71. The zero-order valence-corrected chi connectivity index (χ0v) is 18.3. The summed E-state index contributed by atoms with van der Waals surface area (Å²) >= 11 is 0. The fraction of sp³-hybridized carbons (Fsp3) is 0.526. The first-order chi connectivity index (χ1) is 14.4. The second-order valence-corrected chi connectivity index (χ2v) is 10.0. The maximum absolute atomic E-state index is 12.4. The Morgan fingerprint density at radius 1 is 1.17 bits per heavy atom. The highest BCUT2D eigenvalue weighted by Crippen LogP contribution is 2.36. The van der Waals surface area contributed by atoms with Gasteiger partial charge in [-0.25, -0.2) is 18.4 Å². The molecule has 2 aromatic rings. The molecular formula is C19H26BN5O4S. The van der Waals surface area contributed by atoms with Gasteiger partial charge in [0.1, 0.15) is 12.4 Å². The molecule has 1 saturated heterocycles. The maximum atomic E-state index is 12.4. The number of sulfone groups is 1. The van der Waals surface area contributed by atoms with E-state index in [1.165, 1.54) is 12.4 Å². The molecule has 9 nitrogen and oxygen atoms in total. The molecule has 0 unspecified atom stereocenters. The van der Waals surface area contributed by atoms with Crippen molar-refractivity contribution in [2.24, 2.45) is 0 Å². The van der Waals surface area contributed by atoms with Crippen LogP contribution in [0.5, 0.6) is 11.6 Å². The quantitative estimate of drug-likeness (QED) is 0.649. The van der Waals surface area contributed by atoms with Crippen LogP contribution in [-0.4, -0.2) is 67.7 Å². The van der Waals surface area contributed by atoms with Crippen LogP contribution in [-0.2, 0) is 9.84 Å². The van der Waals surface area contributed by atoms with Crippen molar-refractivity contribution >= 4 is 29.3 Å². The smallest absolute Gasteiger partial charge is 0.262 e. The molecule has 11 heteroatoms. The number of hydrogen-bond donors (Lipinski definition) is 1. The zero-order valence-electron chi connectivity index (χ0n) is 17.5. The van der Waals surface area contributed by atoms with E-state index < -0.39 is 9.84 Å². The van der Waals surface area contributed by atoms with Crippen molar-refractivity contribution in [2.45, 2.75) is 49.0 Å². The molecule has 0 spiro atoms. The average molecular weight is 431 g/mol. The molecule has 30 heavy (non-hydrogen) atoms. The lowest BCUT2D eigenvalue weighted by atomic mass is 10.1. The number of aromatic nitrogens is 3. The molecule has 160 valence electrons. The van der Waals surface area contributed by atoms with Crippen molar-refractivity contribution in [3.05, 3.63) is 24.2 Å². The Morgan fingerprint density at radius 2 is 1.90 bits per heavy atom. The number of nitrogens with zero attached hydrogens (tertiary/aromatic N) is 4. The van der Waals surface area contributed by atoms with Gasteiger partial charge in [0.15, 0.2) is 28.7 Å².